The van der Waals surface area contributed by atoms with E-state index >= 15 is 0 Å². The summed E-state index contributed by atoms with van der Waals surface area (Å²) < 4.78 is 25.2. The molecule has 0 aromatic heterocycles. The highest BCUT2D eigenvalue weighted by atomic mass is 32.2. The predicted octanol–water partition coefficient (Wildman–Crippen LogP) is 2.07. The van der Waals surface area contributed by atoms with Crippen LogP contribution in [0.2, 0.25) is 0 Å². The summed E-state index contributed by atoms with van der Waals surface area (Å²) in [5.41, 5.74) is 5.40. The molecule has 6 nitrogen and oxygen atoms in total. The first-order valence-corrected chi connectivity index (χ1v) is 9.53. The zero-order valence-electron chi connectivity index (χ0n) is 13.7. The van der Waals surface area contributed by atoms with Gasteiger partial charge in [0.2, 0.25) is 10.0 Å². The summed E-state index contributed by atoms with van der Waals surface area (Å²) in [6.45, 7) is 1.24. The van der Waals surface area contributed by atoms with Gasteiger partial charge in [0.25, 0.3) is 0 Å². The standard InChI is InChI=1S/C18H16N4O2S/c1-25(23,24)21-9-14-6-16-10-22(12-20)11-18(16)17(7-14)15-4-2-13(8-19)3-5-15/h2-7,21H,9-11H2,1H3. The topological polar surface area (TPSA) is 97.0 Å². The summed E-state index contributed by atoms with van der Waals surface area (Å²) in [6.07, 6.45) is 3.29. The lowest BCUT2D eigenvalue weighted by Crippen LogP contribution is -2.21. The van der Waals surface area contributed by atoms with Crippen LogP contribution in [0.4, 0.5) is 0 Å². The normalized spacial score (nSPS) is 13.2. The molecule has 1 heterocycles. The van der Waals surface area contributed by atoms with Gasteiger partial charge in [-0.15, -0.1) is 0 Å². The van der Waals surface area contributed by atoms with Gasteiger partial charge in [-0.3, -0.25) is 0 Å². The summed E-state index contributed by atoms with van der Waals surface area (Å²) in [4.78, 5) is 1.66. The molecule has 25 heavy (non-hydrogen) atoms. The molecule has 7 heteroatoms. The maximum absolute atomic E-state index is 11.4. The number of nitrogens with one attached hydrogen (secondary N) is 1. The van der Waals surface area contributed by atoms with Gasteiger partial charge in [-0.25, -0.2) is 13.1 Å². The molecule has 3 rings (SSSR count). The van der Waals surface area contributed by atoms with E-state index in [1.807, 2.05) is 24.3 Å². The van der Waals surface area contributed by atoms with Gasteiger partial charge in [0.1, 0.15) is 0 Å². The van der Waals surface area contributed by atoms with Crippen LogP contribution in [0, 0.1) is 22.8 Å². The third-order valence-electron chi connectivity index (χ3n) is 4.12. The minimum atomic E-state index is -3.29. The van der Waals surface area contributed by atoms with E-state index in [4.69, 9.17) is 5.26 Å². The molecule has 1 aliphatic heterocycles. The van der Waals surface area contributed by atoms with Crippen molar-refractivity contribution in [2.45, 2.75) is 19.6 Å². The van der Waals surface area contributed by atoms with Crippen LogP contribution in [-0.4, -0.2) is 19.6 Å². The van der Waals surface area contributed by atoms with Crippen LogP contribution in [0.1, 0.15) is 22.3 Å². The Hall–Kier alpha value is -2.87. The van der Waals surface area contributed by atoms with Crippen LogP contribution in [-0.2, 0) is 29.7 Å². The summed E-state index contributed by atoms with van der Waals surface area (Å²) in [5, 5.41) is 18.1. The second-order valence-corrected chi connectivity index (χ2v) is 7.85. The number of benzene rings is 2. The Morgan fingerprint density at radius 1 is 1.16 bits per heavy atom. The fourth-order valence-electron chi connectivity index (χ4n) is 2.95. The van der Waals surface area contributed by atoms with Crippen molar-refractivity contribution in [2.75, 3.05) is 6.26 Å². The number of hydrogen-bond acceptors (Lipinski definition) is 5. The van der Waals surface area contributed by atoms with Gasteiger partial charge in [-0.1, -0.05) is 18.2 Å². The molecule has 0 bridgehead atoms. The average Bonchev–Trinajstić information content (AvgIpc) is 3.02. The molecule has 1 aliphatic rings. The summed E-state index contributed by atoms with van der Waals surface area (Å²) >= 11 is 0. The number of nitriles is 2. The van der Waals surface area contributed by atoms with Gasteiger partial charge in [-0.2, -0.15) is 10.5 Å². The van der Waals surface area contributed by atoms with Crippen molar-refractivity contribution in [1.82, 2.24) is 9.62 Å². The minimum Gasteiger partial charge on any atom is -0.302 e. The molecular weight excluding hydrogens is 336 g/mol. The van der Waals surface area contributed by atoms with Crippen LogP contribution < -0.4 is 4.72 Å². The maximum Gasteiger partial charge on any atom is 0.209 e. The lowest BCUT2D eigenvalue weighted by atomic mass is 9.94. The van der Waals surface area contributed by atoms with E-state index in [1.54, 1.807) is 17.0 Å². The smallest absolute Gasteiger partial charge is 0.209 e. The van der Waals surface area contributed by atoms with Crippen LogP contribution in [0.25, 0.3) is 11.1 Å². The van der Waals surface area contributed by atoms with Crippen molar-refractivity contribution in [3.8, 4) is 23.4 Å². The molecule has 126 valence electrons. The zero-order chi connectivity index (χ0) is 18.0. The van der Waals surface area contributed by atoms with Crippen molar-refractivity contribution in [3.63, 3.8) is 0 Å². The Morgan fingerprint density at radius 2 is 1.88 bits per heavy atom. The molecular formula is C18H16N4O2S. The van der Waals surface area contributed by atoms with E-state index in [0.29, 0.717) is 18.7 Å². The Balaban J connectivity index is 2.04. The molecule has 2 aromatic rings. The second kappa shape index (κ2) is 6.56. The zero-order valence-corrected chi connectivity index (χ0v) is 14.5. The van der Waals surface area contributed by atoms with Crippen molar-refractivity contribution in [3.05, 3.63) is 58.7 Å². The van der Waals surface area contributed by atoms with Crippen molar-refractivity contribution in [1.29, 1.82) is 10.5 Å². The van der Waals surface area contributed by atoms with Crippen LogP contribution in [0.15, 0.2) is 36.4 Å². The SMILES string of the molecule is CS(=O)(=O)NCc1cc2c(c(-c3ccc(C#N)cc3)c1)CN(C#N)C2. The van der Waals surface area contributed by atoms with E-state index in [0.717, 1.165) is 34.1 Å². The lowest BCUT2D eigenvalue weighted by molar-refractivity contribution is 0.417. The first-order chi connectivity index (χ1) is 11.9. The van der Waals surface area contributed by atoms with Crippen molar-refractivity contribution in [2.24, 2.45) is 0 Å². The van der Waals surface area contributed by atoms with E-state index in [9.17, 15) is 13.7 Å². The number of hydrogen-bond donors (Lipinski definition) is 1. The number of sulfonamides is 1. The Labute approximate surface area is 147 Å². The maximum atomic E-state index is 11.4. The number of fused-ring (bicyclic) bond motifs is 1. The van der Waals surface area contributed by atoms with Gasteiger partial charge in [0.05, 0.1) is 31.0 Å². The van der Waals surface area contributed by atoms with E-state index < -0.39 is 10.0 Å². The Bertz CT molecular complexity index is 999. The van der Waals surface area contributed by atoms with Gasteiger partial charge in [0.15, 0.2) is 6.19 Å². The molecule has 0 amide bonds. The quantitative estimate of drug-likeness (QED) is 0.850. The van der Waals surface area contributed by atoms with Gasteiger partial charge < -0.3 is 4.90 Å². The highest BCUT2D eigenvalue weighted by Crippen LogP contribution is 2.34. The first-order valence-electron chi connectivity index (χ1n) is 7.64. The molecule has 0 aliphatic carbocycles. The van der Waals surface area contributed by atoms with Gasteiger partial charge in [-0.05, 0) is 46.0 Å². The molecule has 1 N–H and O–H groups in total. The fourth-order valence-corrected chi connectivity index (χ4v) is 3.38. The molecule has 0 atom stereocenters. The first kappa shape index (κ1) is 17.0. The van der Waals surface area contributed by atoms with Gasteiger partial charge >= 0.3 is 0 Å². The minimum absolute atomic E-state index is 0.196. The summed E-state index contributed by atoms with van der Waals surface area (Å²) in [5.74, 6) is 0. The average molecular weight is 352 g/mol. The highest BCUT2D eigenvalue weighted by molar-refractivity contribution is 7.88. The number of nitrogens with zero attached hydrogens (tertiary/aromatic N) is 3. The summed E-state index contributed by atoms with van der Waals surface area (Å²) in [7, 11) is -3.29. The molecule has 0 spiro atoms. The van der Waals surface area contributed by atoms with Crippen molar-refractivity contribution >= 4 is 10.0 Å². The highest BCUT2D eigenvalue weighted by Gasteiger charge is 2.22. The largest absolute Gasteiger partial charge is 0.302 e. The van der Waals surface area contributed by atoms with E-state index in [1.165, 1.54) is 0 Å². The molecule has 0 radical (unpaired) electrons. The third-order valence-corrected chi connectivity index (χ3v) is 4.79. The monoisotopic (exact) mass is 352 g/mol. The van der Waals surface area contributed by atoms with E-state index in [2.05, 4.69) is 17.0 Å². The molecule has 0 unspecified atom stereocenters. The molecule has 0 fully saturated rings. The third kappa shape index (κ3) is 3.80. The Kier molecular flexibility index (Phi) is 4.45. The van der Waals surface area contributed by atoms with Crippen LogP contribution in [0.5, 0.6) is 0 Å². The summed E-state index contributed by atoms with van der Waals surface area (Å²) in [6, 6.07) is 13.2. The fraction of sp³-hybridized carbons (Fsp3) is 0.222. The van der Waals surface area contributed by atoms with Crippen LogP contribution in [0.3, 0.4) is 0 Å². The molecule has 0 saturated heterocycles. The lowest BCUT2D eigenvalue weighted by Gasteiger charge is -2.12. The molecule has 2 aromatic carbocycles. The predicted molar refractivity (Wildman–Crippen MR) is 93.1 cm³/mol. The van der Waals surface area contributed by atoms with Gasteiger partial charge in [0, 0.05) is 6.54 Å². The second-order valence-electron chi connectivity index (χ2n) is 6.02. The number of rotatable bonds is 4. The van der Waals surface area contributed by atoms with Crippen LogP contribution >= 0.6 is 0 Å². The van der Waals surface area contributed by atoms with E-state index in [-0.39, 0.29) is 6.54 Å². The Morgan fingerprint density at radius 3 is 2.48 bits per heavy atom. The van der Waals surface area contributed by atoms with Crippen molar-refractivity contribution < 1.29 is 8.42 Å². The molecule has 0 saturated carbocycles.